The number of ether oxygens (including phenoxy) is 1. The number of halogens is 2. The Labute approximate surface area is 199 Å². The Morgan fingerprint density at radius 2 is 2.00 bits per heavy atom. The van der Waals surface area contributed by atoms with Crippen LogP contribution in [0.1, 0.15) is 10.4 Å². The summed E-state index contributed by atoms with van der Waals surface area (Å²) in [4.78, 5) is 24.7. The van der Waals surface area contributed by atoms with E-state index < -0.39 is 0 Å². The summed E-state index contributed by atoms with van der Waals surface area (Å²) in [5.41, 5.74) is 4.11. The lowest BCUT2D eigenvalue weighted by molar-refractivity contribution is -0.121. The van der Waals surface area contributed by atoms with E-state index in [0.717, 1.165) is 32.4 Å². The van der Waals surface area contributed by atoms with Crippen molar-refractivity contribution in [2.45, 2.75) is 13.5 Å². The molecule has 5 nitrogen and oxygen atoms in total. The number of hydrogen-bond donors (Lipinski definition) is 0. The highest BCUT2D eigenvalue weighted by molar-refractivity contribution is 7.15. The molecule has 2 aromatic heterocycles. The van der Waals surface area contributed by atoms with E-state index in [0.29, 0.717) is 28.0 Å². The Morgan fingerprint density at radius 3 is 2.78 bits per heavy atom. The molecule has 32 heavy (non-hydrogen) atoms. The standard InChI is InChI=1S/C24H17Cl2N3O2S/c1-14-23(28-24(32-14)19-4-2-3-9-27-19)15-6-8-21-20(10-15)29(22(30)13-31-21)12-16-5-7-17(25)11-18(16)26/h2-11H,12-13H2,1H3. The summed E-state index contributed by atoms with van der Waals surface area (Å²) in [6.07, 6.45) is 1.76. The van der Waals surface area contributed by atoms with Crippen LogP contribution in [0.3, 0.4) is 0 Å². The minimum absolute atomic E-state index is 0.0168. The Hall–Kier alpha value is -2.93. The van der Waals surface area contributed by atoms with Gasteiger partial charge >= 0.3 is 0 Å². The third-order valence-electron chi connectivity index (χ3n) is 5.20. The molecule has 2 aromatic carbocycles. The number of nitrogens with zero attached hydrogens (tertiary/aromatic N) is 3. The second-order valence-electron chi connectivity index (χ2n) is 7.33. The maximum atomic E-state index is 12.8. The normalized spacial score (nSPS) is 13.1. The van der Waals surface area contributed by atoms with Crippen LogP contribution >= 0.6 is 34.5 Å². The van der Waals surface area contributed by atoms with Crippen LogP contribution in [0, 0.1) is 6.92 Å². The van der Waals surface area contributed by atoms with Crippen LogP contribution in [-0.4, -0.2) is 22.5 Å². The molecule has 0 N–H and O–H groups in total. The van der Waals surface area contributed by atoms with Gasteiger partial charge in [0.05, 0.1) is 23.6 Å². The summed E-state index contributed by atoms with van der Waals surface area (Å²) in [5.74, 6) is 0.515. The summed E-state index contributed by atoms with van der Waals surface area (Å²) in [5, 5.41) is 1.93. The molecule has 0 bridgehead atoms. The monoisotopic (exact) mass is 481 g/mol. The lowest BCUT2D eigenvalue weighted by Gasteiger charge is -2.30. The second-order valence-corrected chi connectivity index (χ2v) is 9.37. The van der Waals surface area contributed by atoms with Crippen molar-refractivity contribution in [1.29, 1.82) is 0 Å². The average Bonchev–Trinajstić information content (AvgIpc) is 3.19. The van der Waals surface area contributed by atoms with Gasteiger partial charge in [-0.25, -0.2) is 4.98 Å². The van der Waals surface area contributed by atoms with Crippen LogP contribution in [0.15, 0.2) is 60.8 Å². The van der Waals surface area contributed by atoms with Gasteiger partial charge in [0.15, 0.2) is 6.61 Å². The predicted octanol–water partition coefficient (Wildman–Crippen LogP) is 6.41. The van der Waals surface area contributed by atoms with Crippen molar-refractivity contribution >= 4 is 46.1 Å². The zero-order valence-corrected chi connectivity index (χ0v) is 19.3. The van der Waals surface area contributed by atoms with E-state index in [-0.39, 0.29) is 12.5 Å². The number of aromatic nitrogens is 2. The van der Waals surface area contributed by atoms with E-state index in [1.807, 2.05) is 49.4 Å². The Kier molecular flexibility index (Phi) is 5.59. The van der Waals surface area contributed by atoms with Gasteiger partial charge in [0.1, 0.15) is 10.8 Å². The molecule has 5 rings (SSSR count). The molecule has 0 unspecified atom stereocenters. The summed E-state index contributed by atoms with van der Waals surface area (Å²) >= 11 is 14.0. The molecule has 3 heterocycles. The molecule has 0 saturated heterocycles. The molecular weight excluding hydrogens is 465 g/mol. The van der Waals surface area contributed by atoms with Crippen LogP contribution in [0.2, 0.25) is 10.0 Å². The molecule has 0 radical (unpaired) electrons. The third-order valence-corrected chi connectivity index (χ3v) is 6.78. The number of thiazole rings is 1. The topological polar surface area (TPSA) is 55.3 Å². The number of benzene rings is 2. The zero-order chi connectivity index (χ0) is 22.2. The molecule has 4 aromatic rings. The molecule has 0 atom stereocenters. The first kappa shape index (κ1) is 20.9. The summed E-state index contributed by atoms with van der Waals surface area (Å²) < 4.78 is 5.68. The molecule has 8 heteroatoms. The van der Waals surface area contributed by atoms with Gasteiger partial charge in [-0.15, -0.1) is 11.3 Å². The van der Waals surface area contributed by atoms with Crippen molar-refractivity contribution < 1.29 is 9.53 Å². The third kappa shape index (κ3) is 3.97. The highest BCUT2D eigenvalue weighted by Gasteiger charge is 2.27. The zero-order valence-electron chi connectivity index (χ0n) is 17.0. The van der Waals surface area contributed by atoms with Crippen molar-refractivity contribution in [2.24, 2.45) is 0 Å². The maximum Gasteiger partial charge on any atom is 0.265 e. The van der Waals surface area contributed by atoms with E-state index in [4.69, 9.17) is 32.9 Å². The van der Waals surface area contributed by atoms with E-state index in [2.05, 4.69) is 4.98 Å². The van der Waals surface area contributed by atoms with Crippen molar-refractivity contribution in [3.8, 4) is 27.7 Å². The first-order valence-electron chi connectivity index (χ1n) is 9.90. The molecule has 1 amide bonds. The van der Waals surface area contributed by atoms with Crippen molar-refractivity contribution in [1.82, 2.24) is 9.97 Å². The van der Waals surface area contributed by atoms with E-state index in [9.17, 15) is 4.79 Å². The fraction of sp³-hybridized carbons (Fsp3) is 0.125. The molecule has 1 aliphatic heterocycles. The first-order chi connectivity index (χ1) is 15.5. The SMILES string of the molecule is Cc1sc(-c2ccccn2)nc1-c1ccc2c(c1)N(Cc1ccc(Cl)cc1Cl)C(=O)CO2. The van der Waals surface area contributed by atoms with Crippen molar-refractivity contribution in [3.63, 3.8) is 0 Å². The fourth-order valence-electron chi connectivity index (χ4n) is 3.61. The Bertz CT molecular complexity index is 1320. The number of amides is 1. The number of pyridine rings is 1. The van der Waals surface area contributed by atoms with Crippen molar-refractivity contribution in [3.05, 3.63) is 81.3 Å². The Morgan fingerprint density at radius 1 is 1.12 bits per heavy atom. The summed E-state index contributed by atoms with van der Waals surface area (Å²) in [6.45, 7) is 2.34. The number of carbonyl (C=O) groups is 1. The van der Waals surface area contributed by atoms with Crippen molar-refractivity contribution in [2.75, 3.05) is 11.5 Å². The van der Waals surface area contributed by atoms with Gasteiger partial charge in [-0.3, -0.25) is 9.78 Å². The quantitative estimate of drug-likeness (QED) is 0.337. The minimum atomic E-state index is -0.134. The Balaban J connectivity index is 1.53. The van der Waals surface area contributed by atoms with Gasteiger partial charge < -0.3 is 9.64 Å². The first-order valence-corrected chi connectivity index (χ1v) is 11.5. The number of anilines is 1. The second kappa shape index (κ2) is 8.54. The highest BCUT2D eigenvalue weighted by atomic mass is 35.5. The predicted molar refractivity (Wildman–Crippen MR) is 129 cm³/mol. The van der Waals surface area contributed by atoms with Gasteiger partial charge in [-0.2, -0.15) is 0 Å². The van der Waals surface area contributed by atoms with Gasteiger partial charge in [0.25, 0.3) is 5.91 Å². The van der Waals surface area contributed by atoms with Gasteiger partial charge in [0, 0.05) is 26.7 Å². The van der Waals surface area contributed by atoms with Crippen LogP contribution < -0.4 is 9.64 Å². The van der Waals surface area contributed by atoms with Gasteiger partial charge in [-0.1, -0.05) is 35.3 Å². The van der Waals surface area contributed by atoms with Crippen LogP contribution in [0.25, 0.3) is 22.0 Å². The number of carbonyl (C=O) groups excluding carboxylic acids is 1. The van der Waals surface area contributed by atoms with Gasteiger partial charge in [-0.05, 0) is 55.0 Å². The molecular formula is C24H17Cl2N3O2S. The summed E-state index contributed by atoms with van der Waals surface area (Å²) in [7, 11) is 0. The van der Waals surface area contributed by atoms with E-state index in [1.54, 1.807) is 34.6 Å². The van der Waals surface area contributed by atoms with E-state index in [1.165, 1.54) is 0 Å². The molecule has 0 spiro atoms. The van der Waals surface area contributed by atoms with Gasteiger partial charge in [0.2, 0.25) is 0 Å². The highest BCUT2D eigenvalue weighted by Crippen LogP contribution is 2.40. The molecule has 0 saturated carbocycles. The molecule has 0 fully saturated rings. The minimum Gasteiger partial charge on any atom is -0.482 e. The van der Waals surface area contributed by atoms with Crippen LogP contribution in [0.5, 0.6) is 5.75 Å². The molecule has 1 aliphatic rings. The van der Waals surface area contributed by atoms with E-state index >= 15 is 0 Å². The molecule has 0 aliphatic carbocycles. The largest absolute Gasteiger partial charge is 0.482 e. The fourth-order valence-corrected chi connectivity index (χ4v) is 4.99. The lowest BCUT2D eigenvalue weighted by Crippen LogP contribution is -2.38. The average molecular weight is 482 g/mol. The number of fused-ring (bicyclic) bond motifs is 1. The smallest absolute Gasteiger partial charge is 0.265 e. The number of hydrogen-bond acceptors (Lipinski definition) is 5. The maximum absolute atomic E-state index is 12.8. The van der Waals surface area contributed by atoms with Crippen LogP contribution in [0.4, 0.5) is 5.69 Å². The lowest BCUT2D eigenvalue weighted by atomic mass is 10.1. The number of rotatable bonds is 4. The molecule has 160 valence electrons. The number of aryl methyl sites for hydroxylation is 1. The summed E-state index contributed by atoms with van der Waals surface area (Å²) in [6, 6.07) is 16.8. The van der Waals surface area contributed by atoms with Crippen LogP contribution in [-0.2, 0) is 11.3 Å².